The van der Waals surface area contributed by atoms with Crippen molar-refractivity contribution < 1.29 is 5.21 Å². The van der Waals surface area contributed by atoms with Crippen LogP contribution in [-0.4, -0.2) is 34.8 Å². The minimum Gasteiger partial charge on any atom is -0.328 e. The van der Waals surface area contributed by atoms with Gasteiger partial charge >= 0.3 is 0 Å². The summed E-state index contributed by atoms with van der Waals surface area (Å²) in [6.07, 6.45) is 5.20. The largest absolute Gasteiger partial charge is 0.328 e. The Morgan fingerprint density at radius 2 is 2.00 bits per heavy atom. The van der Waals surface area contributed by atoms with E-state index in [0.717, 1.165) is 38.6 Å². The molecule has 2 unspecified atom stereocenters. The summed E-state index contributed by atoms with van der Waals surface area (Å²) >= 11 is 0. The van der Waals surface area contributed by atoms with Gasteiger partial charge in [-0.05, 0) is 66.3 Å². The lowest BCUT2D eigenvalue weighted by Crippen LogP contribution is -2.66. The molecule has 1 aliphatic heterocycles. The molecular weight excluding hydrogens is 238 g/mol. The summed E-state index contributed by atoms with van der Waals surface area (Å²) in [5, 5.41) is 17.3. The van der Waals surface area contributed by atoms with Crippen LogP contribution >= 0.6 is 0 Å². The average molecular weight is 270 g/mol. The predicted molar refractivity (Wildman–Crippen MR) is 79.2 cm³/mol. The molecule has 3 N–H and O–H groups in total. The van der Waals surface area contributed by atoms with Crippen LogP contribution in [0.2, 0.25) is 0 Å². The van der Waals surface area contributed by atoms with Crippen molar-refractivity contribution in [1.82, 2.24) is 10.4 Å². The number of nitrogens with two attached hydrogens (primary N) is 1. The molecule has 1 saturated heterocycles. The molecule has 0 aromatic heterocycles. The molecule has 0 aromatic rings. The highest BCUT2D eigenvalue weighted by Gasteiger charge is 2.47. The van der Waals surface area contributed by atoms with Crippen molar-refractivity contribution in [2.75, 3.05) is 6.54 Å². The van der Waals surface area contributed by atoms with Gasteiger partial charge in [0.1, 0.15) is 0 Å². The van der Waals surface area contributed by atoms with Crippen LogP contribution in [0.3, 0.4) is 0 Å². The number of hydrogen-bond donors (Lipinski definition) is 2. The number of hydroxylamine groups is 2. The zero-order chi connectivity index (χ0) is 14.7. The molecule has 0 aliphatic carbocycles. The van der Waals surface area contributed by atoms with Gasteiger partial charge in [0.2, 0.25) is 0 Å². The van der Waals surface area contributed by atoms with Gasteiger partial charge in [-0.2, -0.15) is 0 Å². The van der Waals surface area contributed by atoms with Crippen molar-refractivity contribution in [3.8, 4) is 0 Å². The molecule has 19 heavy (non-hydrogen) atoms. The van der Waals surface area contributed by atoms with E-state index in [1.807, 2.05) is 13.8 Å². The Bertz CT molecular complexity index is 279. The average Bonchev–Trinajstić information content (AvgIpc) is 2.34. The van der Waals surface area contributed by atoms with E-state index in [1.54, 1.807) is 0 Å². The highest BCUT2D eigenvalue weighted by molar-refractivity contribution is 5.01. The smallest absolute Gasteiger partial charge is 0.0596 e. The first kappa shape index (κ1) is 16.9. The van der Waals surface area contributed by atoms with Gasteiger partial charge in [-0.1, -0.05) is 6.92 Å². The SMILES string of the molecule is CCC(N)CCCNC1CCC(C)(C)N([O])C1(C)C. The summed E-state index contributed by atoms with van der Waals surface area (Å²) in [7, 11) is 0. The second kappa shape index (κ2) is 6.53. The second-order valence-electron chi connectivity index (χ2n) is 7.12. The van der Waals surface area contributed by atoms with Crippen LogP contribution in [0.4, 0.5) is 0 Å². The lowest BCUT2D eigenvalue weighted by molar-refractivity contribution is -0.293. The third-order valence-electron chi connectivity index (χ3n) is 4.64. The van der Waals surface area contributed by atoms with Gasteiger partial charge in [-0.3, -0.25) is 0 Å². The molecule has 0 saturated carbocycles. The van der Waals surface area contributed by atoms with E-state index in [9.17, 15) is 5.21 Å². The zero-order valence-corrected chi connectivity index (χ0v) is 13.3. The van der Waals surface area contributed by atoms with Crippen molar-refractivity contribution in [2.24, 2.45) is 5.73 Å². The Hall–Kier alpha value is -0.160. The van der Waals surface area contributed by atoms with Gasteiger partial charge in [0.25, 0.3) is 0 Å². The fourth-order valence-electron chi connectivity index (χ4n) is 3.07. The van der Waals surface area contributed by atoms with E-state index in [0.29, 0.717) is 6.04 Å². The van der Waals surface area contributed by atoms with E-state index >= 15 is 0 Å². The molecule has 1 rings (SSSR count). The highest BCUT2D eigenvalue weighted by Crippen LogP contribution is 2.36. The lowest BCUT2D eigenvalue weighted by atomic mass is 9.78. The summed E-state index contributed by atoms with van der Waals surface area (Å²) in [6, 6.07) is 0.590. The maximum Gasteiger partial charge on any atom is 0.0596 e. The van der Waals surface area contributed by atoms with E-state index in [2.05, 4.69) is 26.1 Å². The fraction of sp³-hybridized carbons (Fsp3) is 1.00. The Labute approximate surface area is 118 Å². The quantitative estimate of drug-likeness (QED) is 0.729. The molecular formula is C15H32N3O. The topological polar surface area (TPSA) is 61.2 Å². The van der Waals surface area contributed by atoms with Gasteiger partial charge in [0.05, 0.1) is 5.54 Å². The number of hydrogen-bond acceptors (Lipinski definition) is 3. The van der Waals surface area contributed by atoms with Crippen LogP contribution < -0.4 is 11.1 Å². The van der Waals surface area contributed by atoms with Crippen LogP contribution in [0, 0.1) is 0 Å². The molecule has 1 heterocycles. The third kappa shape index (κ3) is 4.15. The summed E-state index contributed by atoms with van der Waals surface area (Å²) in [5.41, 5.74) is 5.33. The van der Waals surface area contributed by atoms with Crippen molar-refractivity contribution in [1.29, 1.82) is 0 Å². The first-order chi connectivity index (χ1) is 8.71. The lowest BCUT2D eigenvalue weighted by Gasteiger charge is -2.51. The molecule has 0 amide bonds. The molecule has 1 radical (unpaired) electrons. The minimum absolute atomic E-state index is 0.244. The molecule has 1 fully saturated rings. The number of nitrogens with one attached hydrogen (secondary N) is 1. The van der Waals surface area contributed by atoms with E-state index in [-0.39, 0.29) is 17.1 Å². The molecule has 1 aliphatic rings. The number of nitrogens with zero attached hydrogens (tertiary/aromatic N) is 1. The Morgan fingerprint density at radius 1 is 1.37 bits per heavy atom. The summed E-state index contributed by atoms with van der Waals surface area (Å²) in [4.78, 5) is 0. The van der Waals surface area contributed by atoms with Crippen molar-refractivity contribution >= 4 is 0 Å². The van der Waals surface area contributed by atoms with Crippen molar-refractivity contribution in [2.45, 2.75) is 89.9 Å². The molecule has 4 heteroatoms. The zero-order valence-electron chi connectivity index (χ0n) is 13.3. The molecule has 4 nitrogen and oxygen atoms in total. The monoisotopic (exact) mass is 270 g/mol. The normalized spacial score (nSPS) is 28.3. The molecule has 2 atom stereocenters. The Morgan fingerprint density at radius 3 is 2.58 bits per heavy atom. The number of rotatable bonds is 6. The second-order valence-corrected chi connectivity index (χ2v) is 7.12. The minimum atomic E-state index is -0.339. The van der Waals surface area contributed by atoms with Crippen LogP contribution in [0.5, 0.6) is 0 Å². The van der Waals surface area contributed by atoms with Crippen LogP contribution in [0.1, 0.15) is 66.7 Å². The van der Waals surface area contributed by atoms with E-state index < -0.39 is 0 Å². The number of piperidine rings is 1. The standard InChI is InChI=1S/C15H32N3O/c1-6-12(16)8-7-11-17-13-9-10-14(2,3)18(19)15(13,4)5/h12-13,17H,6-11,16H2,1-5H3. The van der Waals surface area contributed by atoms with Gasteiger partial charge in [-0.15, -0.1) is 10.3 Å². The first-order valence-electron chi connectivity index (χ1n) is 7.68. The molecule has 0 aromatic carbocycles. The van der Waals surface area contributed by atoms with Crippen molar-refractivity contribution in [3.63, 3.8) is 0 Å². The summed E-state index contributed by atoms with van der Waals surface area (Å²) < 4.78 is 0. The van der Waals surface area contributed by atoms with Crippen molar-refractivity contribution in [3.05, 3.63) is 0 Å². The summed E-state index contributed by atoms with van der Waals surface area (Å²) in [5.74, 6) is 0. The van der Waals surface area contributed by atoms with Gasteiger partial charge in [-0.25, -0.2) is 0 Å². The molecule has 113 valence electrons. The van der Waals surface area contributed by atoms with Crippen LogP contribution in [0.25, 0.3) is 0 Å². The van der Waals surface area contributed by atoms with Gasteiger partial charge in [0.15, 0.2) is 0 Å². The Kier molecular flexibility index (Phi) is 5.80. The Balaban J connectivity index is 2.42. The third-order valence-corrected chi connectivity index (χ3v) is 4.64. The van der Waals surface area contributed by atoms with E-state index in [4.69, 9.17) is 5.73 Å². The fourth-order valence-corrected chi connectivity index (χ4v) is 3.07. The van der Waals surface area contributed by atoms with Crippen LogP contribution in [0.15, 0.2) is 0 Å². The predicted octanol–water partition coefficient (Wildman–Crippen LogP) is 2.46. The van der Waals surface area contributed by atoms with E-state index in [1.165, 1.54) is 5.06 Å². The van der Waals surface area contributed by atoms with Crippen LogP contribution in [-0.2, 0) is 5.21 Å². The van der Waals surface area contributed by atoms with Gasteiger partial charge in [0, 0.05) is 17.6 Å². The molecule has 0 bridgehead atoms. The molecule has 0 spiro atoms. The highest BCUT2D eigenvalue weighted by atomic mass is 16.5. The maximum atomic E-state index is 12.4. The first-order valence-corrected chi connectivity index (χ1v) is 7.68. The maximum absolute atomic E-state index is 12.4. The summed E-state index contributed by atoms with van der Waals surface area (Å²) in [6.45, 7) is 11.3. The van der Waals surface area contributed by atoms with Gasteiger partial charge < -0.3 is 11.1 Å².